The van der Waals surface area contributed by atoms with Gasteiger partial charge in [-0.05, 0) is 37.5 Å². The lowest BCUT2D eigenvalue weighted by atomic mass is 9.94. The summed E-state index contributed by atoms with van der Waals surface area (Å²) in [6.45, 7) is 9.79. The zero-order chi connectivity index (χ0) is 21.8. The van der Waals surface area contributed by atoms with Crippen LogP contribution in [0.1, 0.15) is 57.8 Å². The number of guanidine groups is 1. The molecule has 0 atom stereocenters. The fourth-order valence-electron chi connectivity index (χ4n) is 2.67. The van der Waals surface area contributed by atoms with Crippen LogP contribution in [-0.2, 0) is 28.5 Å². The normalized spacial score (nSPS) is 14.8. The number of benzene rings is 1. The topological polar surface area (TPSA) is 109 Å². The average molecular weight is 561 g/mol. The van der Waals surface area contributed by atoms with E-state index in [4.69, 9.17) is 4.42 Å². The standard InChI is InChI=1S/C21H31N5O3S.HI/c1-5-22-20(25-14-19-23-13-18(29-19)21(2,3)4)24-12-15-6-10-17(11-7-15)30(27,28)26-16-8-9-16;/h6-7,10-11,13,16,26H,5,8-9,12,14H2,1-4H3,(H2,22,24,25);1H. The summed E-state index contributed by atoms with van der Waals surface area (Å²) in [5.41, 5.74) is 0.834. The number of hydrogen-bond donors (Lipinski definition) is 3. The highest BCUT2D eigenvalue weighted by Gasteiger charge is 2.27. The van der Waals surface area contributed by atoms with E-state index in [1.54, 1.807) is 30.5 Å². The fraction of sp³-hybridized carbons (Fsp3) is 0.524. The van der Waals surface area contributed by atoms with Crippen molar-refractivity contribution < 1.29 is 12.8 Å². The Bertz CT molecular complexity index is 977. The number of nitrogens with zero attached hydrogens (tertiary/aromatic N) is 2. The van der Waals surface area contributed by atoms with Gasteiger partial charge in [-0.3, -0.25) is 0 Å². The summed E-state index contributed by atoms with van der Waals surface area (Å²) < 4.78 is 33.0. The quantitative estimate of drug-likeness (QED) is 0.260. The monoisotopic (exact) mass is 561 g/mol. The SMILES string of the molecule is CCNC(=NCc1ccc(S(=O)(=O)NC2CC2)cc1)NCc1ncc(C(C)(C)C)o1.I. The lowest BCUT2D eigenvalue weighted by Gasteiger charge is -2.13. The highest BCUT2D eigenvalue weighted by molar-refractivity contribution is 14.0. The first-order valence-electron chi connectivity index (χ1n) is 10.3. The van der Waals surface area contributed by atoms with Crippen molar-refractivity contribution in [3.05, 3.63) is 47.7 Å². The Morgan fingerprint density at radius 1 is 1.19 bits per heavy atom. The van der Waals surface area contributed by atoms with E-state index in [1.165, 1.54) is 0 Å². The molecular weight excluding hydrogens is 529 g/mol. The van der Waals surface area contributed by atoms with Crippen molar-refractivity contribution in [2.24, 2.45) is 4.99 Å². The van der Waals surface area contributed by atoms with Gasteiger partial charge < -0.3 is 15.1 Å². The van der Waals surface area contributed by atoms with Crippen LogP contribution in [0.25, 0.3) is 0 Å². The molecule has 3 N–H and O–H groups in total. The molecule has 0 bridgehead atoms. The van der Waals surface area contributed by atoms with Crippen molar-refractivity contribution in [2.75, 3.05) is 6.54 Å². The molecule has 1 fully saturated rings. The van der Waals surface area contributed by atoms with E-state index in [1.807, 2.05) is 6.92 Å². The molecule has 0 radical (unpaired) electrons. The number of hydrogen-bond acceptors (Lipinski definition) is 5. The predicted octanol–water partition coefficient (Wildman–Crippen LogP) is 3.29. The molecule has 1 aliphatic rings. The minimum absolute atomic E-state index is 0. The highest BCUT2D eigenvalue weighted by Crippen LogP contribution is 2.23. The molecule has 0 amide bonds. The Morgan fingerprint density at radius 2 is 1.87 bits per heavy atom. The molecule has 172 valence electrons. The van der Waals surface area contributed by atoms with Gasteiger partial charge in [0.15, 0.2) is 5.96 Å². The zero-order valence-corrected chi connectivity index (χ0v) is 21.6. The third kappa shape index (κ3) is 7.76. The van der Waals surface area contributed by atoms with Crippen LogP contribution in [0, 0.1) is 0 Å². The van der Waals surface area contributed by atoms with E-state index in [9.17, 15) is 8.42 Å². The van der Waals surface area contributed by atoms with E-state index in [-0.39, 0.29) is 40.3 Å². The van der Waals surface area contributed by atoms with Gasteiger partial charge in [0.1, 0.15) is 5.76 Å². The Labute approximate surface area is 201 Å². The molecule has 1 saturated carbocycles. The average Bonchev–Trinajstić information content (AvgIpc) is 3.34. The van der Waals surface area contributed by atoms with Crippen LogP contribution in [0.4, 0.5) is 0 Å². The molecule has 10 heteroatoms. The third-order valence-electron chi connectivity index (χ3n) is 4.60. The lowest BCUT2D eigenvalue weighted by molar-refractivity contribution is 0.379. The third-order valence-corrected chi connectivity index (χ3v) is 6.13. The van der Waals surface area contributed by atoms with Crippen molar-refractivity contribution in [3.63, 3.8) is 0 Å². The smallest absolute Gasteiger partial charge is 0.240 e. The fourth-order valence-corrected chi connectivity index (χ4v) is 3.98. The molecule has 0 spiro atoms. The van der Waals surface area contributed by atoms with Gasteiger partial charge in [-0.25, -0.2) is 23.1 Å². The molecule has 0 unspecified atom stereocenters. The Balaban J connectivity index is 0.00000341. The molecule has 3 rings (SSSR count). The van der Waals surface area contributed by atoms with E-state index in [0.717, 1.165) is 24.2 Å². The Kier molecular flexibility index (Phi) is 8.90. The first kappa shape index (κ1) is 25.6. The maximum absolute atomic E-state index is 12.3. The van der Waals surface area contributed by atoms with Crippen molar-refractivity contribution in [1.29, 1.82) is 0 Å². The van der Waals surface area contributed by atoms with Gasteiger partial charge in [0, 0.05) is 18.0 Å². The van der Waals surface area contributed by atoms with Crippen molar-refractivity contribution >= 4 is 40.0 Å². The maximum atomic E-state index is 12.3. The van der Waals surface area contributed by atoms with Gasteiger partial charge in [0.25, 0.3) is 0 Å². The summed E-state index contributed by atoms with van der Waals surface area (Å²) in [6.07, 6.45) is 3.59. The number of aromatic nitrogens is 1. The summed E-state index contributed by atoms with van der Waals surface area (Å²) >= 11 is 0. The van der Waals surface area contributed by atoms with Crippen LogP contribution >= 0.6 is 24.0 Å². The molecular formula is C21H32IN5O3S. The number of rotatable bonds is 8. The van der Waals surface area contributed by atoms with Gasteiger partial charge in [0.2, 0.25) is 15.9 Å². The molecule has 1 aromatic heterocycles. The van der Waals surface area contributed by atoms with Crippen molar-refractivity contribution in [3.8, 4) is 0 Å². The number of oxazole rings is 1. The van der Waals surface area contributed by atoms with Crippen molar-refractivity contribution in [1.82, 2.24) is 20.3 Å². The van der Waals surface area contributed by atoms with E-state index in [2.05, 4.69) is 46.1 Å². The summed E-state index contributed by atoms with van der Waals surface area (Å²) in [5, 5.41) is 6.40. The van der Waals surface area contributed by atoms with Gasteiger partial charge >= 0.3 is 0 Å². The first-order chi connectivity index (χ1) is 14.2. The van der Waals surface area contributed by atoms with Gasteiger partial charge in [-0.2, -0.15) is 0 Å². The second-order valence-electron chi connectivity index (χ2n) is 8.46. The van der Waals surface area contributed by atoms with E-state index in [0.29, 0.717) is 31.5 Å². The summed E-state index contributed by atoms with van der Waals surface area (Å²) in [4.78, 5) is 9.16. The lowest BCUT2D eigenvalue weighted by Crippen LogP contribution is -2.36. The highest BCUT2D eigenvalue weighted by atomic mass is 127. The molecule has 0 saturated heterocycles. The summed E-state index contributed by atoms with van der Waals surface area (Å²) in [5.74, 6) is 2.08. The van der Waals surface area contributed by atoms with E-state index < -0.39 is 10.0 Å². The van der Waals surface area contributed by atoms with Gasteiger partial charge in [-0.1, -0.05) is 32.9 Å². The van der Waals surface area contributed by atoms with Crippen LogP contribution in [0.5, 0.6) is 0 Å². The molecule has 1 aliphatic carbocycles. The number of nitrogens with one attached hydrogen (secondary N) is 3. The molecule has 2 aromatic rings. The predicted molar refractivity (Wildman–Crippen MR) is 132 cm³/mol. The second kappa shape index (κ2) is 10.8. The van der Waals surface area contributed by atoms with E-state index >= 15 is 0 Å². The molecule has 8 nitrogen and oxygen atoms in total. The molecule has 0 aliphatic heterocycles. The molecule has 1 heterocycles. The van der Waals surface area contributed by atoms with Crippen LogP contribution in [0.3, 0.4) is 0 Å². The van der Waals surface area contributed by atoms with Crippen LogP contribution in [0.2, 0.25) is 0 Å². The van der Waals surface area contributed by atoms with Crippen molar-refractivity contribution in [2.45, 2.75) is 70.0 Å². The minimum Gasteiger partial charge on any atom is -0.443 e. The first-order valence-corrected chi connectivity index (χ1v) is 11.7. The number of sulfonamides is 1. The number of halogens is 1. The van der Waals surface area contributed by atoms with Crippen LogP contribution in [0.15, 0.2) is 44.8 Å². The van der Waals surface area contributed by atoms with Crippen LogP contribution in [-0.4, -0.2) is 31.9 Å². The molecule has 31 heavy (non-hydrogen) atoms. The largest absolute Gasteiger partial charge is 0.443 e. The van der Waals surface area contributed by atoms with Gasteiger partial charge in [0.05, 0.1) is 24.2 Å². The summed E-state index contributed by atoms with van der Waals surface area (Å²) in [7, 11) is -3.43. The minimum atomic E-state index is -3.43. The second-order valence-corrected chi connectivity index (χ2v) is 10.2. The van der Waals surface area contributed by atoms with Gasteiger partial charge in [-0.15, -0.1) is 24.0 Å². The number of aliphatic imine (C=N–C) groups is 1. The van der Waals surface area contributed by atoms with Crippen LogP contribution < -0.4 is 15.4 Å². The Hall–Kier alpha value is -1.66. The molecule has 1 aromatic carbocycles. The zero-order valence-electron chi connectivity index (χ0n) is 18.4. The maximum Gasteiger partial charge on any atom is 0.240 e. The Morgan fingerprint density at radius 3 is 2.42 bits per heavy atom. The summed E-state index contributed by atoms with van der Waals surface area (Å²) in [6, 6.07) is 6.92.